The van der Waals surface area contributed by atoms with Crippen molar-refractivity contribution in [1.29, 1.82) is 0 Å². The number of carboxylic acid groups (broad SMARTS) is 1. The molecule has 1 heterocycles. The third-order valence-electron chi connectivity index (χ3n) is 3.78. The van der Waals surface area contributed by atoms with Gasteiger partial charge >= 0.3 is 12.0 Å². The Bertz CT molecular complexity index is 502. The highest BCUT2D eigenvalue weighted by atomic mass is 16.4. The zero-order chi connectivity index (χ0) is 14.5. The van der Waals surface area contributed by atoms with Gasteiger partial charge in [-0.3, -0.25) is 0 Å². The number of likely N-dealkylation sites (tertiary alicyclic amines) is 1. The first-order valence-electron chi connectivity index (χ1n) is 7.00. The summed E-state index contributed by atoms with van der Waals surface area (Å²) in [4.78, 5) is 25.1. The first-order valence-corrected chi connectivity index (χ1v) is 7.00. The van der Waals surface area contributed by atoms with Gasteiger partial charge in [0, 0.05) is 13.1 Å². The number of nitrogens with one attached hydrogen (secondary N) is 1. The fourth-order valence-electron chi connectivity index (χ4n) is 2.56. The van der Waals surface area contributed by atoms with Crippen molar-refractivity contribution >= 4 is 17.7 Å². The molecule has 0 aliphatic carbocycles. The zero-order valence-corrected chi connectivity index (χ0v) is 11.6. The largest absolute Gasteiger partial charge is 0.478 e. The molecule has 2 N–H and O–H groups in total. The van der Waals surface area contributed by atoms with Crippen molar-refractivity contribution < 1.29 is 14.7 Å². The Kier molecular flexibility index (Phi) is 4.61. The van der Waals surface area contributed by atoms with Crippen LogP contribution in [-0.2, 0) is 0 Å². The Morgan fingerprint density at radius 3 is 2.85 bits per heavy atom. The molecule has 1 aromatic carbocycles. The predicted octanol–water partition coefficient (Wildman–Crippen LogP) is 3.04. The molecule has 0 spiro atoms. The van der Waals surface area contributed by atoms with Gasteiger partial charge < -0.3 is 15.3 Å². The number of urea groups is 1. The van der Waals surface area contributed by atoms with E-state index in [2.05, 4.69) is 12.2 Å². The molecule has 1 unspecified atom stereocenters. The van der Waals surface area contributed by atoms with Gasteiger partial charge in [0.15, 0.2) is 0 Å². The van der Waals surface area contributed by atoms with Crippen molar-refractivity contribution in [1.82, 2.24) is 4.90 Å². The molecule has 5 heteroatoms. The zero-order valence-electron chi connectivity index (χ0n) is 11.6. The van der Waals surface area contributed by atoms with E-state index in [9.17, 15) is 9.59 Å². The molecule has 20 heavy (non-hydrogen) atoms. The van der Waals surface area contributed by atoms with Gasteiger partial charge in [-0.15, -0.1) is 0 Å². The van der Waals surface area contributed by atoms with E-state index >= 15 is 0 Å². The van der Waals surface area contributed by atoms with Crippen LogP contribution in [0.15, 0.2) is 24.3 Å². The molecular formula is C15H20N2O3. The van der Waals surface area contributed by atoms with Gasteiger partial charge in [-0.05, 0) is 30.9 Å². The number of nitrogens with zero attached hydrogens (tertiary/aromatic N) is 1. The summed E-state index contributed by atoms with van der Waals surface area (Å²) in [7, 11) is 0. The van der Waals surface area contributed by atoms with Crippen LogP contribution < -0.4 is 5.32 Å². The van der Waals surface area contributed by atoms with E-state index in [0.29, 0.717) is 11.6 Å². The van der Waals surface area contributed by atoms with Crippen LogP contribution in [0.1, 0.15) is 36.5 Å². The number of piperidine rings is 1. The summed E-state index contributed by atoms with van der Waals surface area (Å²) in [6.07, 6.45) is 3.23. The molecule has 2 amide bonds. The summed E-state index contributed by atoms with van der Waals surface area (Å²) >= 11 is 0. The number of rotatable bonds is 3. The third-order valence-corrected chi connectivity index (χ3v) is 3.78. The summed E-state index contributed by atoms with van der Waals surface area (Å²) in [5.74, 6) is -0.491. The Morgan fingerprint density at radius 1 is 1.40 bits per heavy atom. The first kappa shape index (κ1) is 14.4. The molecule has 0 saturated carbocycles. The molecule has 1 aliphatic heterocycles. The fraction of sp³-hybridized carbons (Fsp3) is 0.467. The maximum atomic E-state index is 12.2. The fourth-order valence-corrected chi connectivity index (χ4v) is 2.56. The molecule has 0 bridgehead atoms. The van der Waals surface area contributed by atoms with Gasteiger partial charge in [-0.2, -0.15) is 0 Å². The lowest BCUT2D eigenvalue weighted by Gasteiger charge is -2.32. The van der Waals surface area contributed by atoms with Crippen molar-refractivity contribution in [3.63, 3.8) is 0 Å². The number of benzene rings is 1. The number of hydrogen-bond acceptors (Lipinski definition) is 2. The quantitative estimate of drug-likeness (QED) is 0.891. The van der Waals surface area contributed by atoms with Crippen LogP contribution in [0.3, 0.4) is 0 Å². The Morgan fingerprint density at radius 2 is 2.15 bits per heavy atom. The van der Waals surface area contributed by atoms with Crippen molar-refractivity contribution in [2.45, 2.75) is 26.2 Å². The first-order chi connectivity index (χ1) is 9.61. The SMILES string of the molecule is CCC1CCCN(C(=O)Nc2ccccc2C(=O)O)C1. The number of anilines is 1. The van der Waals surface area contributed by atoms with Crippen LogP contribution in [0.2, 0.25) is 0 Å². The number of carbonyl (C=O) groups excluding carboxylic acids is 1. The van der Waals surface area contributed by atoms with Gasteiger partial charge in [0.05, 0.1) is 11.3 Å². The average Bonchev–Trinajstić information content (AvgIpc) is 2.47. The van der Waals surface area contributed by atoms with E-state index in [0.717, 1.165) is 32.4 Å². The molecule has 1 aliphatic rings. The second kappa shape index (κ2) is 6.41. The minimum Gasteiger partial charge on any atom is -0.478 e. The number of para-hydroxylation sites is 1. The Hall–Kier alpha value is -2.04. The van der Waals surface area contributed by atoms with Crippen molar-refractivity contribution in [3.8, 4) is 0 Å². The molecule has 0 aromatic heterocycles. The molecule has 0 radical (unpaired) electrons. The molecule has 1 atom stereocenters. The number of amides is 2. The van der Waals surface area contributed by atoms with Crippen LogP contribution in [0.4, 0.5) is 10.5 Å². The summed E-state index contributed by atoms with van der Waals surface area (Å²) in [5, 5.41) is 11.8. The highest BCUT2D eigenvalue weighted by Crippen LogP contribution is 2.21. The van der Waals surface area contributed by atoms with Gasteiger partial charge in [-0.1, -0.05) is 25.5 Å². The second-order valence-electron chi connectivity index (χ2n) is 5.14. The van der Waals surface area contributed by atoms with Gasteiger partial charge in [0.1, 0.15) is 0 Å². The number of aromatic carboxylic acids is 1. The second-order valence-corrected chi connectivity index (χ2v) is 5.14. The lowest BCUT2D eigenvalue weighted by atomic mass is 9.96. The molecule has 2 rings (SSSR count). The molecule has 1 saturated heterocycles. The lowest BCUT2D eigenvalue weighted by Crippen LogP contribution is -2.42. The number of hydrogen-bond donors (Lipinski definition) is 2. The monoisotopic (exact) mass is 276 g/mol. The van der Waals surface area contributed by atoms with Crippen LogP contribution in [0.25, 0.3) is 0 Å². The number of carbonyl (C=O) groups is 2. The average molecular weight is 276 g/mol. The molecule has 5 nitrogen and oxygen atoms in total. The van der Waals surface area contributed by atoms with E-state index in [1.807, 2.05) is 0 Å². The maximum Gasteiger partial charge on any atom is 0.337 e. The van der Waals surface area contributed by atoms with E-state index < -0.39 is 5.97 Å². The number of carboxylic acids is 1. The van der Waals surface area contributed by atoms with Crippen LogP contribution in [0.5, 0.6) is 0 Å². The van der Waals surface area contributed by atoms with Crippen LogP contribution >= 0.6 is 0 Å². The van der Waals surface area contributed by atoms with Gasteiger partial charge in [0.2, 0.25) is 0 Å². The van der Waals surface area contributed by atoms with Gasteiger partial charge in [-0.25, -0.2) is 9.59 Å². The molecule has 1 aromatic rings. The normalized spacial score (nSPS) is 18.6. The molecular weight excluding hydrogens is 256 g/mol. The third kappa shape index (κ3) is 3.29. The minimum atomic E-state index is -1.04. The van der Waals surface area contributed by atoms with Crippen LogP contribution in [0, 0.1) is 5.92 Å². The van der Waals surface area contributed by atoms with E-state index in [1.54, 1.807) is 23.1 Å². The summed E-state index contributed by atoms with van der Waals surface area (Å²) in [5.41, 5.74) is 0.466. The van der Waals surface area contributed by atoms with E-state index in [-0.39, 0.29) is 11.6 Å². The topological polar surface area (TPSA) is 69.6 Å². The van der Waals surface area contributed by atoms with Gasteiger partial charge in [0.25, 0.3) is 0 Å². The van der Waals surface area contributed by atoms with E-state index in [1.165, 1.54) is 6.07 Å². The predicted molar refractivity (Wildman–Crippen MR) is 77.0 cm³/mol. The highest BCUT2D eigenvalue weighted by molar-refractivity contribution is 5.99. The summed E-state index contributed by atoms with van der Waals surface area (Å²) < 4.78 is 0. The summed E-state index contributed by atoms with van der Waals surface area (Å²) in [6.45, 7) is 3.61. The van der Waals surface area contributed by atoms with Crippen molar-refractivity contribution in [2.24, 2.45) is 5.92 Å². The minimum absolute atomic E-state index is 0.116. The van der Waals surface area contributed by atoms with Crippen molar-refractivity contribution in [2.75, 3.05) is 18.4 Å². The van der Waals surface area contributed by atoms with E-state index in [4.69, 9.17) is 5.11 Å². The van der Waals surface area contributed by atoms with Crippen LogP contribution in [-0.4, -0.2) is 35.1 Å². The van der Waals surface area contributed by atoms with Crippen molar-refractivity contribution in [3.05, 3.63) is 29.8 Å². The molecule has 108 valence electrons. The standard InChI is InChI=1S/C15H20N2O3/c1-2-11-6-5-9-17(10-11)15(20)16-13-8-4-3-7-12(13)14(18)19/h3-4,7-8,11H,2,5-6,9-10H2,1H3,(H,16,20)(H,18,19). The smallest absolute Gasteiger partial charge is 0.337 e. The molecule has 1 fully saturated rings. The highest BCUT2D eigenvalue weighted by Gasteiger charge is 2.23. The lowest BCUT2D eigenvalue weighted by molar-refractivity contribution is 0.0698. The Labute approximate surface area is 118 Å². The maximum absolute atomic E-state index is 12.2. The Balaban J connectivity index is 2.06. The summed E-state index contributed by atoms with van der Waals surface area (Å²) in [6, 6.07) is 6.25.